The van der Waals surface area contributed by atoms with Gasteiger partial charge in [-0.15, -0.1) is 0 Å². The second kappa shape index (κ2) is 9.17. The first-order valence-electron chi connectivity index (χ1n) is 13.6. The Bertz CT molecular complexity index is 1750. The van der Waals surface area contributed by atoms with Crippen LogP contribution in [0.2, 0.25) is 0 Å². The van der Waals surface area contributed by atoms with Crippen LogP contribution >= 0.6 is 0 Å². The number of carbonyl (C=O) groups excluding carboxylic acids is 1. The van der Waals surface area contributed by atoms with Gasteiger partial charge >= 0.3 is 0 Å². The van der Waals surface area contributed by atoms with E-state index in [1.807, 2.05) is 42.5 Å². The molecule has 7 heteroatoms. The summed E-state index contributed by atoms with van der Waals surface area (Å²) in [4.78, 5) is 23.6. The number of hydrogen-bond donors (Lipinski definition) is 2. The van der Waals surface area contributed by atoms with Gasteiger partial charge in [-0.25, -0.2) is 9.97 Å². The summed E-state index contributed by atoms with van der Waals surface area (Å²) in [5.74, 6) is 1.59. The van der Waals surface area contributed by atoms with Crippen molar-refractivity contribution in [3.05, 3.63) is 96.7 Å². The lowest BCUT2D eigenvalue weighted by Gasteiger charge is -2.38. The summed E-state index contributed by atoms with van der Waals surface area (Å²) in [6.45, 7) is 1.56. The lowest BCUT2D eigenvalue weighted by molar-refractivity contribution is -0.116. The normalized spacial score (nSPS) is 14.6. The van der Waals surface area contributed by atoms with Gasteiger partial charge < -0.3 is 16.0 Å². The number of nitrogens with one attached hydrogen (secondary N) is 1. The molecule has 0 saturated heterocycles. The van der Waals surface area contributed by atoms with Crippen LogP contribution in [0.25, 0.3) is 39.6 Å². The van der Waals surface area contributed by atoms with Crippen molar-refractivity contribution in [1.82, 2.24) is 14.5 Å². The van der Waals surface area contributed by atoms with Crippen molar-refractivity contribution in [3.8, 4) is 39.6 Å². The zero-order valence-corrected chi connectivity index (χ0v) is 22.6. The molecule has 1 aliphatic heterocycles. The van der Waals surface area contributed by atoms with Gasteiger partial charge in [0.1, 0.15) is 5.82 Å². The van der Waals surface area contributed by atoms with Gasteiger partial charge in [-0.1, -0.05) is 48.5 Å². The Kier molecular flexibility index (Phi) is 5.57. The average molecular weight is 527 g/mol. The first-order valence-corrected chi connectivity index (χ1v) is 13.6. The number of amides is 1. The van der Waals surface area contributed by atoms with Gasteiger partial charge in [0, 0.05) is 48.1 Å². The fourth-order valence-electron chi connectivity index (χ4n) is 5.72. The van der Waals surface area contributed by atoms with Crippen LogP contribution in [0.1, 0.15) is 31.7 Å². The number of nitrogens with two attached hydrogens (primary N) is 1. The summed E-state index contributed by atoms with van der Waals surface area (Å²) in [6, 6.07) is 28.9. The van der Waals surface area contributed by atoms with E-state index in [1.54, 1.807) is 25.1 Å². The van der Waals surface area contributed by atoms with Crippen molar-refractivity contribution in [1.29, 1.82) is 0 Å². The molecular formula is C33H30N6O. The number of rotatable bonds is 4. The van der Waals surface area contributed by atoms with Crippen LogP contribution in [0, 0.1) is 0 Å². The molecule has 1 fully saturated rings. The number of para-hydroxylation sites is 1. The highest BCUT2D eigenvalue weighted by Crippen LogP contribution is 2.45. The van der Waals surface area contributed by atoms with Gasteiger partial charge in [-0.05, 0) is 61.2 Å². The van der Waals surface area contributed by atoms with E-state index in [9.17, 15) is 4.79 Å². The molecular weight excluding hydrogens is 496 g/mol. The molecule has 7 nitrogen and oxygen atoms in total. The molecule has 3 aromatic carbocycles. The molecule has 198 valence electrons. The van der Waals surface area contributed by atoms with Crippen molar-refractivity contribution in [2.75, 3.05) is 17.3 Å². The SMILES string of the molecule is CC(=O)N(C)c1ccc(-c2nc3n(c2-c2ccc(C4(N)CCC4)cc2)-c2cccnc2Nc2ccccc2-3)cc1. The molecule has 3 heterocycles. The third kappa shape index (κ3) is 3.81. The van der Waals surface area contributed by atoms with E-state index in [-0.39, 0.29) is 11.4 Å². The summed E-state index contributed by atoms with van der Waals surface area (Å²) < 4.78 is 2.21. The van der Waals surface area contributed by atoms with E-state index in [0.717, 1.165) is 69.6 Å². The Morgan fingerprint density at radius 3 is 2.38 bits per heavy atom. The predicted octanol–water partition coefficient (Wildman–Crippen LogP) is 6.65. The summed E-state index contributed by atoms with van der Waals surface area (Å²) in [5.41, 5.74) is 15.1. The monoisotopic (exact) mass is 526 g/mol. The van der Waals surface area contributed by atoms with Gasteiger partial charge in [0.05, 0.1) is 22.8 Å². The topological polar surface area (TPSA) is 89.1 Å². The van der Waals surface area contributed by atoms with Gasteiger partial charge in [-0.2, -0.15) is 0 Å². The number of pyridine rings is 1. The molecule has 0 atom stereocenters. The lowest BCUT2D eigenvalue weighted by Crippen LogP contribution is -2.43. The number of fused-ring (bicyclic) bond motifs is 5. The minimum absolute atomic E-state index is 0.0143. The summed E-state index contributed by atoms with van der Waals surface area (Å²) in [7, 11) is 1.78. The van der Waals surface area contributed by atoms with E-state index in [2.05, 4.69) is 52.3 Å². The molecule has 0 unspecified atom stereocenters. The number of imidazole rings is 1. The minimum Gasteiger partial charge on any atom is -0.338 e. The van der Waals surface area contributed by atoms with Crippen molar-refractivity contribution in [2.24, 2.45) is 5.73 Å². The largest absolute Gasteiger partial charge is 0.338 e. The van der Waals surface area contributed by atoms with E-state index in [1.165, 1.54) is 12.0 Å². The Morgan fingerprint density at radius 1 is 0.950 bits per heavy atom. The molecule has 7 rings (SSSR count). The molecule has 5 aromatic rings. The number of hydrogen-bond acceptors (Lipinski definition) is 5. The lowest BCUT2D eigenvalue weighted by atomic mass is 9.72. The molecule has 2 aromatic heterocycles. The van der Waals surface area contributed by atoms with Crippen LogP contribution in [-0.4, -0.2) is 27.5 Å². The summed E-state index contributed by atoms with van der Waals surface area (Å²) >= 11 is 0. The average Bonchev–Trinajstić information content (AvgIpc) is 3.30. The Balaban J connectivity index is 1.48. The molecule has 40 heavy (non-hydrogen) atoms. The van der Waals surface area contributed by atoms with Crippen LogP contribution < -0.4 is 16.0 Å². The van der Waals surface area contributed by atoms with Crippen LogP contribution in [0.3, 0.4) is 0 Å². The van der Waals surface area contributed by atoms with E-state index in [4.69, 9.17) is 15.7 Å². The minimum atomic E-state index is -0.229. The molecule has 1 saturated carbocycles. The zero-order chi connectivity index (χ0) is 27.4. The number of anilines is 3. The van der Waals surface area contributed by atoms with Gasteiger partial charge in [0.15, 0.2) is 5.82 Å². The van der Waals surface area contributed by atoms with Crippen molar-refractivity contribution < 1.29 is 4.79 Å². The van der Waals surface area contributed by atoms with Crippen LogP contribution in [0.5, 0.6) is 0 Å². The van der Waals surface area contributed by atoms with E-state index in [0.29, 0.717) is 0 Å². The van der Waals surface area contributed by atoms with Crippen LogP contribution in [0.4, 0.5) is 17.2 Å². The fourth-order valence-corrected chi connectivity index (χ4v) is 5.72. The standard InChI is InChI=1S/C33H30N6O/c1-21(40)38(2)25-16-12-22(13-17-25)29-30(23-10-14-24(15-11-23)33(34)18-6-19-33)39-28-9-5-20-35-31(28)36-27-8-4-3-7-26(27)32(39)37-29/h3-5,7-17,20H,6,18-19,34H2,1-2H3,(H,35,36). The molecule has 2 aliphatic rings. The second-order valence-electron chi connectivity index (χ2n) is 10.7. The zero-order valence-electron chi connectivity index (χ0n) is 22.6. The molecule has 0 radical (unpaired) electrons. The van der Waals surface area contributed by atoms with E-state index >= 15 is 0 Å². The van der Waals surface area contributed by atoms with Crippen molar-refractivity contribution in [3.63, 3.8) is 0 Å². The predicted molar refractivity (Wildman–Crippen MR) is 160 cm³/mol. The third-order valence-corrected chi connectivity index (χ3v) is 8.31. The molecule has 0 bridgehead atoms. The van der Waals surface area contributed by atoms with Crippen molar-refractivity contribution in [2.45, 2.75) is 31.7 Å². The van der Waals surface area contributed by atoms with E-state index < -0.39 is 0 Å². The maximum Gasteiger partial charge on any atom is 0.223 e. The Hall–Kier alpha value is -4.75. The third-order valence-electron chi connectivity index (χ3n) is 8.31. The highest BCUT2D eigenvalue weighted by atomic mass is 16.2. The summed E-state index contributed by atoms with van der Waals surface area (Å²) in [6.07, 6.45) is 5.00. The van der Waals surface area contributed by atoms with Gasteiger partial charge in [0.25, 0.3) is 0 Å². The smallest absolute Gasteiger partial charge is 0.223 e. The summed E-state index contributed by atoms with van der Waals surface area (Å²) in [5, 5.41) is 3.52. The first-order chi connectivity index (χ1) is 19.4. The van der Waals surface area contributed by atoms with Crippen LogP contribution in [-0.2, 0) is 10.3 Å². The van der Waals surface area contributed by atoms with Crippen LogP contribution in [0.15, 0.2) is 91.1 Å². The molecule has 1 aliphatic carbocycles. The van der Waals surface area contributed by atoms with Gasteiger partial charge in [-0.3, -0.25) is 9.36 Å². The maximum atomic E-state index is 12.0. The van der Waals surface area contributed by atoms with Gasteiger partial charge in [0.2, 0.25) is 5.91 Å². The fraction of sp³-hybridized carbons (Fsp3) is 0.182. The quantitative estimate of drug-likeness (QED) is 0.269. The number of nitrogens with zero attached hydrogens (tertiary/aromatic N) is 4. The Morgan fingerprint density at radius 2 is 1.68 bits per heavy atom. The number of carbonyl (C=O) groups is 1. The second-order valence-corrected chi connectivity index (χ2v) is 10.7. The maximum absolute atomic E-state index is 12.0. The van der Waals surface area contributed by atoms with Crippen molar-refractivity contribution >= 4 is 23.1 Å². The highest BCUT2D eigenvalue weighted by Gasteiger charge is 2.34. The molecule has 3 N–H and O–H groups in total. The first kappa shape index (κ1) is 24.3. The highest BCUT2D eigenvalue weighted by molar-refractivity contribution is 5.93. The number of aromatic nitrogens is 3. The molecule has 0 spiro atoms. The number of benzene rings is 3. The molecule has 1 amide bonds. The Labute approximate surface area is 233 Å².